The molecule has 1 rings (SSSR count). The van der Waals surface area contributed by atoms with Gasteiger partial charge in [-0.1, -0.05) is 38.1 Å². The van der Waals surface area contributed by atoms with Crippen molar-refractivity contribution in [3.05, 3.63) is 35.4 Å². The molecule has 0 radical (unpaired) electrons. The second-order valence-electron chi connectivity index (χ2n) is 5.41. The third-order valence-electron chi connectivity index (χ3n) is 3.05. The molecule has 1 aromatic rings. The molecule has 2 nitrogen and oxygen atoms in total. The van der Waals surface area contributed by atoms with Gasteiger partial charge in [0.2, 0.25) is 0 Å². The van der Waals surface area contributed by atoms with Crippen molar-refractivity contribution in [3.8, 4) is 0 Å². The maximum absolute atomic E-state index is 10.1. The number of nitrogens with one attached hydrogen (secondary N) is 1. The minimum Gasteiger partial charge on any atom is -0.387 e. The molecular weight excluding hydrogens is 254 g/mol. The minimum absolute atomic E-state index is 0.401. The zero-order chi connectivity index (χ0) is 14.1. The van der Waals surface area contributed by atoms with E-state index in [1.165, 1.54) is 11.3 Å². The van der Waals surface area contributed by atoms with Gasteiger partial charge in [-0.15, -0.1) is 0 Å². The Morgan fingerprint density at radius 1 is 1.21 bits per heavy atom. The molecular formula is C16H27NOS. The fraction of sp³-hybridized carbons (Fsp3) is 0.625. The van der Waals surface area contributed by atoms with Gasteiger partial charge in [0.05, 0.1) is 6.10 Å². The molecule has 0 saturated heterocycles. The predicted molar refractivity (Wildman–Crippen MR) is 85.8 cm³/mol. The SMILES string of the molecule is CSCCCNCC(O)c1ccc(CC(C)C)cc1. The summed E-state index contributed by atoms with van der Waals surface area (Å²) in [4.78, 5) is 0. The standard InChI is InChI=1S/C16H27NOS/c1-13(2)11-14-5-7-15(8-6-14)16(18)12-17-9-4-10-19-3/h5-8,13,16-18H,4,9-12H2,1-3H3. The average Bonchev–Trinajstić information content (AvgIpc) is 2.38. The van der Waals surface area contributed by atoms with Crippen LogP contribution in [-0.4, -0.2) is 30.2 Å². The summed E-state index contributed by atoms with van der Waals surface area (Å²) in [6.07, 6.45) is 3.97. The van der Waals surface area contributed by atoms with Gasteiger partial charge in [0, 0.05) is 6.54 Å². The molecule has 108 valence electrons. The largest absolute Gasteiger partial charge is 0.387 e. The van der Waals surface area contributed by atoms with Crippen molar-refractivity contribution in [3.63, 3.8) is 0 Å². The molecule has 0 aliphatic rings. The van der Waals surface area contributed by atoms with E-state index in [2.05, 4.69) is 37.6 Å². The van der Waals surface area contributed by atoms with Crippen LogP contribution in [-0.2, 0) is 6.42 Å². The van der Waals surface area contributed by atoms with Crippen LogP contribution in [0.15, 0.2) is 24.3 Å². The number of benzene rings is 1. The first-order valence-corrected chi connectivity index (χ1v) is 8.49. The van der Waals surface area contributed by atoms with E-state index < -0.39 is 6.10 Å². The monoisotopic (exact) mass is 281 g/mol. The molecule has 1 unspecified atom stereocenters. The third kappa shape index (κ3) is 7.00. The summed E-state index contributed by atoms with van der Waals surface area (Å²) in [5.74, 6) is 1.85. The van der Waals surface area contributed by atoms with Gasteiger partial charge in [-0.3, -0.25) is 0 Å². The zero-order valence-corrected chi connectivity index (χ0v) is 13.2. The van der Waals surface area contributed by atoms with Gasteiger partial charge in [-0.25, -0.2) is 0 Å². The fourth-order valence-corrected chi connectivity index (χ4v) is 2.48. The van der Waals surface area contributed by atoms with E-state index in [0.717, 1.165) is 24.9 Å². The van der Waals surface area contributed by atoms with Crippen LogP contribution in [0.5, 0.6) is 0 Å². The van der Waals surface area contributed by atoms with Crippen LogP contribution in [0, 0.1) is 5.92 Å². The summed E-state index contributed by atoms with van der Waals surface area (Å²) >= 11 is 1.86. The van der Waals surface area contributed by atoms with Crippen LogP contribution in [0.4, 0.5) is 0 Å². The molecule has 0 heterocycles. The Morgan fingerprint density at radius 2 is 1.89 bits per heavy atom. The average molecular weight is 281 g/mol. The number of aliphatic hydroxyl groups excluding tert-OH is 1. The Kier molecular flexibility index (Phi) is 8.19. The van der Waals surface area contributed by atoms with E-state index in [-0.39, 0.29) is 0 Å². The van der Waals surface area contributed by atoms with E-state index in [4.69, 9.17) is 0 Å². The highest BCUT2D eigenvalue weighted by atomic mass is 32.2. The normalized spacial score (nSPS) is 12.9. The van der Waals surface area contributed by atoms with Crippen LogP contribution in [0.3, 0.4) is 0 Å². The second-order valence-corrected chi connectivity index (χ2v) is 6.39. The molecule has 0 aliphatic carbocycles. The smallest absolute Gasteiger partial charge is 0.0914 e. The minimum atomic E-state index is -0.401. The number of rotatable bonds is 9. The van der Waals surface area contributed by atoms with Gasteiger partial charge in [0.15, 0.2) is 0 Å². The van der Waals surface area contributed by atoms with Crippen LogP contribution < -0.4 is 5.32 Å². The second kappa shape index (κ2) is 9.40. The van der Waals surface area contributed by atoms with Crippen molar-refractivity contribution in [2.45, 2.75) is 32.8 Å². The molecule has 1 atom stereocenters. The highest BCUT2D eigenvalue weighted by molar-refractivity contribution is 7.98. The Hall–Kier alpha value is -0.510. The Morgan fingerprint density at radius 3 is 2.47 bits per heavy atom. The molecule has 19 heavy (non-hydrogen) atoms. The lowest BCUT2D eigenvalue weighted by Gasteiger charge is -2.13. The van der Waals surface area contributed by atoms with Gasteiger partial charge in [-0.2, -0.15) is 11.8 Å². The van der Waals surface area contributed by atoms with Crippen LogP contribution in [0.2, 0.25) is 0 Å². The highest BCUT2D eigenvalue weighted by Crippen LogP contribution is 2.15. The summed E-state index contributed by atoms with van der Waals surface area (Å²) in [6.45, 7) is 6.06. The Bertz CT molecular complexity index is 337. The van der Waals surface area contributed by atoms with Crippen molar-refractivity contribution >= 4 is 11.8 Å². The first-order chi connectivity index (χ1) is 9.13. The number of hydrogen-bond donors (Lipinski definition) is 2. The van der Waals surface area contributed by atoms with Crippen molar-refractivity contribution in [2.75, 3.05) is 25.1 Å². The molecule has 0 bridgehead atoms. The molecule has 1 aromatic carbocycles. The van der Waals surface area contributed by atoms with Gasteiger partial charge in [0.25, 0.3) is 0 Å². The molecule has 0 fully saturated rings. The molecule has 3 heteroatoms. The molecule has 0 saturated carbocycles. The summed E-state index contributed by atoms with van der Waals surface area (Å²) < 4.78 is 0. The molecule has 0 spiro atoms. The maximum Gasteiger partial charge on any atom is 0.0914 e. The Labute approximate surface area is 122 Å². The van der Waals surface area contributed by atoms with Crippen molar-refractivity contribution in [1.82, 2.24) is 5.32 Å². The molecule has 0 aliphatic heterocycles. The van der Waals surface area contributed by atoms with E-state index >= 15 is 0 Å². The van der Waals surface area contributed by atoms with Crippen LogP contribution in [0.25, 0.3) is 0 Å². The topological polar surface area (TPSA) is 32.3 Å². The number of hydrogen-bond acceptors (Lipinski definition) is 3. The third-order valence-corrected chi connectivity index (χ3v) is 3.75. The summed E-state index contributed by atoms with van der Waals surface area (Å²) in [7, 11) is 0. The van der Waals surface area contributed by atoms with Crippen LogP contribution >= 0.6 is 11.8 Å². The van der Waals surface area contributed by atoms with E-state index in [1.807, 2.05) is 23.9 Å². The Balaban J connectivity index is 2.33. The van der Waals surface area contributed by atoms with Crippen molar-refractivity contribution in [2.24, 2.45) is 5.92 Å². The lowest BCUT2D eigenvalue weighted by molar-refractivity contribution is 0.175. The van der Waals surface area contributed by atoms with Gasteiger partial charge in [-0.05, 0) is 48.4 Å². The van der Waals surface area contributed by atoms with Crippen molar-refractivity contribution < 1.29 is 5.11 Å². The fourth-order valence-electron chi connectivity index (χ4n) is 2.05. The quantitative estimate of drug-likeness (QED) is 0.681. The van der Waals surface area contributed by atoms with E-state index in [1.54, 1.807) is 0 Å². The zero-order valence-electron chi connectivity index (χ0n) is 12.4. The highest BCUT2D eigenvalue weighted by Gasteiger charge is 2.07. The molecule has 0 aromatic heterocycles. The van der Waals surface area contributed by atoms with Crippen molar-refractivity contribution in [1.29, 1.82) is 0 Å². The molecule has 0 amide bonds. The summed E-state index contributed by atoms with van der Waals surface area (Å²) in [5, 5.41) is 13.4. The van der Waals surface area contributed by atoms with Gasteiger partial charge >= 0.3 is 0 Å². The van der Waals surface area contributed by atoms with E-state index in [9.17, 15) is 5.11 Å². The summed E-state index contributed by atoms with van der Waals surface area (Å²) in [5.41, 5.74) is 2.35. The number of thioether (sulfide) groups is 1. The first-order valence-electron chi connectivity index (χ1n) is 7.10. The maximum atomic E-state index is 10.1. The lowest BCUT2D eigenvalue weighted by Crippen LogP contribution is -2.22. The van der Waals surface area contributed by atoms with Gasteiger partial charge < -0.3 is 10.4 Å². The first kappa shape index (κ1) is 16.5. The summed E-state index contributed by atoms with van der Waals surface area (Å²) in [6, 6.07) is 8.36. The van der Waals surface area contributed by atoms with Crippen LogP contribution in [0.1, 0.15) is 37.5 Å². The lowest BCUT2D eigenvalue weighted by atomic mass is 10.0. The predicted octanol–water partition coefficient (Wildman–Crippen LogP) is 3.26. The number of aliphatic hydroxyl groups is 1. The van der Waals surface area contributed by atoms with E-state index in [0.29, 0.717) is 12.5 Å². The van der Waals surface area contributed by atoms with Gasteiger partial charge in [0.1, 0.15) is 0 Å². The molecule has 2 N–H and O–H groups in total.